The van der Waals surface area contributed by atoms with Gasteiger partial charge < -0.3 is 0 Å². The first kappa shape index (κ1) is 12.9. The van der Waals surface area contributed by atoms with Crippen molar-refractivity contribution >= 4 is 5.78 Å². The third-order valence-corrected chi connectivity index (χ3v) is 9.15. The number of carbonyl (C=O) groups is 1. The second kappa shape index (κ2) is 3.74. The molecule has 8 aliphatic carbocycles. The van der Waals surface area contributed by atoms with Gasteiger partial charge in [-0.25, -0.2) is 0 Å². The van der Waals surface area contributed by atoms with Gasteiger partial charge in [-0.15, -0.1) is 0 Å². The van der Waals surface area contributed by atoms with E-state index in [-0.39, 0.29) is 5.41 Å². The second-order valence-corrected chi connectivity index (χ2v) is 9.66. The quantitative estimate of drug-likeness (QED) is 0.643. The van der Waals surface area contributed by atoms with E-state index >= 15 is 0 Å². The van der Waals surface area contributed by atoms with Crippen LogP contribution in [0.3, 0.4) is 0 Å². The van der Waals surface area contributed by atoms with E-state index in [4.69, 9.17) is 0 Å². The molecule has 3 unspecified atom stereocenters. The van der Waals surface area contributed by atoms with Crippen molar-refractivity contribution in [3.05, 3.63) is 46.0 Å². The summed E-state index contributed by atoms with van der Waals surface area (Å²) >= 11 is 0. The first-order valence-electron chi connectivity index (χ1n) is 10.1. The van der Waals surface area contributed by atoms with Gasteiger partial charge in [-0.05, 0) is 79.9 Å². The largest absolute Gasteiger partial charge is 0.299 e. The van der Waals surface area contributed by atoms with Crippen molar-refractivity contribution in [3.63, 3.8) is 0 Å². The number of allylic oxidation sites excluding steroid dienone is 2. The van der Waals surface area contributed by atoms with Gasteiger partial charge in [0.25, 0.3) is 0 Å². The van der Waals surface area contributed by atoms with Crippen molar-refractivity contribution in [1.82, 2.24) is 0 Å². The topological polar surface area (TPSA) is 17.1 Å². The molecule has 0 N–H and O–H groups in total. The van der Waals surface area contributed by atoms with Gasteiger partial charge in [0, 0.05) is 23.2 Å². The lowest BCUT2D eigenvalue weighted by Crippen LogP contribution is -2.48. The molecule has 1 aromatic carbocycles. The molecule has 3 atom stereocenters. The molecular weight excluding hydrogens is 292 g/mol. The van der Waals surface area contributed by atoms with Gasteiger partial charge in [-0.1, -0.05) is 29.3 Å². The van der Waals surface area contributed by atoms with Crippen molar-refractivity contribution in [2.24, 2.45) is 23.2 Å². The molecule has 0 amide bonds. The predicted molar refractivity (Wildman–Crippen MR) is 92.8 cm³/mol. The SMILES string of the molecule is O=C1Cc2cc3ccc2CC1C12CCC(C1)C1=C2C2CCC13CC2. The van der Waals surface area contributed by atoms with E-state index in [9.17, 15) is 4.79 Å². The van der Waals surface area contributed by atoms with Crippen LogP contribution in [0.25, 0.3) is 0 Å². The Morgan fingerprint density at radius 3 is 2.62 bits per heavy atom. The maximum absolute atomic E-state index is 13.2. The minimum atomic E-state index is 0.276. The molecule has 0 aromatic heterocycles. The first-order chi connectivity index (χ1) is 11.7. The summed E-state index contributed by atoms with van der Waals surface area (Å²) < 4.78 is 0. The standard InChI is InChI=1S/C23H24O/c24-19-11-16-9-17-2-1-14(16)10-18(19)23-8-5-15(12-23)21-20(23)13-3-6-22(17,21)7-4-13/h1-2,9,13,15,18H,3-8,10-12H2. The summed E-state index contributed by atoms with van der Waals surface area (Å²) in [5, 5.41) is 0. The molecule has 0 aliphatic heterocycles. The number of rotatable bonds is 0. The first-order valence-corrected chi connectivity index (χ1v) is 10.1. The summed E-state index contributed by atoms with van der Waals surface area (Å²) in [6.45, 7) is 0. The molecular formula is C23H24O. The average molecular weight is 316 g/mol. The highest BCUT2D eigenvalue weighted by molar-refractivity contribution is 5.87. The summed E-state index contributed by atoms with van der Waals surface area (Å²) in [5.41, 5.74) is 8.78. The van der Waals surface area contributed by atoms with E-state index in [1.165, 1.54) is 56.1 Å². The Morgan fingerprint density at radius 2 is 1.75 bits per heavy atom. The van der Waals surface area contributed by atoms with Crippen molar-refractivity contribution < 1.29 is 4.79 Å². The number of Topliss-reactive ketones (excluding diaryl/α,β-unsaturated/α-hetero) is 1. The normalized spacial score (nSPS) is 46.3. The van der Waals surface area contributed by atoms with Crippen LogP contribution in [0.4, 0.5) is 0 Å². The second-order valence-electron chi connectivity index (χ2n) is 9.66. The van der Waals surface area contributed by atoms with Gasteiger partial charge in [0.1, 0.15) is 5.78 Å². The molecule has 0 saturated heterocycles. The molecule has 8 aliphatic rings. The van der Waals surface area contributed by atoms with Gasteiger partial charge in [-0.2, -0.15) is 0 Å². The molecule has 10 bridgehead atoms. The number of hydrogen-bond acceptors (Lipinski definition) is 1. The Morgan fingerprint density at radius 1 is 0.917 bits per heavy atom. The highest BCUT2D eigenvalue weighted by Crippen LogP contribution is 2.73. The van der Waals surface area contributed by atoms with Gasteiger partial charge in [0.2, 0.25) is 0 Å². The fourth-order valence-electron chi connectivity index (χ4n) is 8.38. The van der Waals surface area contributed by atoms with Crippen molar-refractivity contribution in [2.45, 2.75) is 63.2 Å². The van der Waals surface area contributed by atoms with Crippen LogP contribution in [0.15, 0.2) is 29.3 Å². The van der Waals surface area contributed by atoms with Crippen molar-refractivity contribution in [2.75, 3.05) is 0 Å². The zero-order valence-corrected chi connectivity index (χ0v) is 14.2. The molecule has 1 heteroatoms. The van der Waals surface area contributed by atoms with Crippen LogP contribution in [0.1, 0.15) is 61.6 Å². The van der Waals surface area contributed by atoms with E-state index in [0.717, 1.165) is 18.3 Å². The zero-order chi connectivity index (χ0) is 15.7. The van der Waals surface area contributed by atoms with Crippen LogP contribution < -0.4 is 0 Å². The Bertz CT molecular complexity index is 851. The Kier molecular flexibility index (Phi) is 2.01. The molecule has 1 aromatic rings. The van der Waals surface area contributed by atoms with Crippen LogP contribution in [0.5, 0.6) is 0 Å². The minimum absolute atomic E-state index is 0.276. The van der Waals surface area contributed by atoms with Crippen LogP contribution in [0.2, 0.25) is 0 Å². The summed E-state index contributed by atoms with van der Waals surface area (Å²) in [6.07, 6.45) is 11.2. The van der Waals surface area contributed by atoms with Crippen molar-refractivity contribution in [1.29, 1.82) is 0 Å². The molecule has 2 fully saturated rings. The van der Waals surface area contributed by atoms with E-state index in [0.29, 0.717) is 23.5 Å². The Labute approximate surface area is 143 Å². The Balaban J connectivity index is 1.65. The van der Waals surface area contributed by atoms with Gasteiger partial charge in [0.05, 0.1) is 0 Å². The molecule has 0 radical (unpaired) electrons. The Hall–Kier alpha value is -1.37. The van der Waals surface area contributed by atoms with E-state index in [1.807, 2.05) is 11.1 Å². The highest BCUT2D eigenvalue weighted by Gasteiger charge is 2.65. The van der Waals surface area contributed by atoms with Crippen LogP contribution >= 0.6 is 0 Å². The van der Waals surface area contributed by atoms with Gasteiger partial charge >= 0.3 is 0 Å². The fraction of sp³-hybridized carbons (Fsp3) is 0.609. The summed E-state index contributed by atoms with van der Waals surface area (Å²) in [4.78, 5) is 13.2. The predicted octanol–water partition coefficient (Wildman–Crippen LogP) is 4.52. The lowest BCUT2D eigenvalue weighted by Gasteiger charge is -2.55. The molecule has 0 heterocycles. The van der Waals surface area contributed by atoms with E-state index in [2.05, 4.69) is 18.2 Å². The van der Waals surface area contributed by atoms with Gasteiger partial charge in [-0.3, -0.25) is 4.79 Å². The zero-order valence-electron chi connectivity index (χ0n) is 14.2. The van der Waals surface area contributed by atoms with E-state index < -0.39 is 0 Å². The van der Waals surface area contributed by atoms with Crippen LogP contribution in [-0.2, 0) is 23.1 Å². The van der Waals surface area contributed by atoms with Crippen molar-refractivity contribution in [3.8, 4) is 0 Å². The third kappa shape index (κ3) is 1.16. The average Bonchev–Trinajstić information content (AvgIpc) is 3.19. The monoisotopic (exact) mass is 316 g/mol. The van der Waals surface area contributed by atoms with Crippen LogP contribution in [0, 0.1) is 23.2 Å². The molecule has 1 nitrogen and oxygen atoms in total. The van der Waals surface area contributed by atoms with E-state index in [1.54, 1.807) is 5.56 Å². The summed E-state index contributed by atoms with van der Waals surface area (Å²) in [6, 6.07) is 7.31. The highest BCUT2D eigenvalue weighted by atomic mass is 16.1. The van der Waals surface area contributed by atoms with Gasteiger partial charge in [0.15, 0.2) is 0 Å². The molecule has 9 rings (SSSR count). The lowest BCUT2D eigenvalue weighted by atomic mass is 9.48. The molecule has 2 spiro atoms. The number of ketones is 1. The summed E-state index contributed by atoms with van der Waals surface area (Å²) in [7, 11) is 0. The number of fused-ring (bicyclic) bond motifs is 5. The smallest absolute Gasteiger partial charge is 0.141 e. The molecule has 122 valence electrons. The fourth-order valence-corrected chi connectivity index (χ4v) is 8.38. The molecule has 2 saturated carbocycles. The maximum Gasteiger partial charge on any atom is 0.141 e. The van der Waals surface area contributed by atoms with Crippen LogP contribution in [-0.4, -0.2) is 5.78 Å². The third-order valence-electron chi connectivity index (χ3n) is 9.15. The molecule has 24 heavy (non-hydrogen) atoms. The lowest BCUT2D eigenvalue weighted by molar-refractivity contribution is -0.126. The number of hydrogen-bond donors (Lipinski definition) is 0. The summed E-state index contributed by atoms with van der Waals surface area (Å²) in [5.74, 6) is 2.48. The minimum Gasteiger partial charge on any atom is -0.299 e. The number of carbonyl (C=O) groups excluding carboxylic acids is 1. The number of benzene rings is 1. The maximum atomic E-state index is 13.2.